The fourth-order valence-corrected chi connectivity index (χ4v) is 12.1. The number of aromatic nitrogens is 8. The van der Waals surface area contributed by atoms with Crippen LogP contribution in [0.15, 0.2) is 134 Å². The third-order valence-electron chi connectivity index (χ3n) is 20.1. The van der Waals surface area contributed by atoms with Crippen molar-refractivity contribution in [3.63, 3.8) is 0 Å². The second-order valence-electron chi connectivity index (χ2n) is 38.9. The normalized spacial score (nSPS) is 12.0. The summed E-state index contributed by atoms with van der Waals surface area (Å²) < 4.78 is 17.6. The molecule has 0 aliphatic rings. The predicted molar refractivity (Wildman–Crippen MR) is 446 cm³/mol. The zero-order chi connectivity index (χ0) is 81.3. The summed E-state index contributed by atoms with van der Waals surface area (Å²) in [6.07, 6.45) is 13.0. The van der Waals surface area contributed by atoms with Crippen LogP contribution in [0.3, 0.4) is 0 Å². The van der Waals surface area contributed by atoms with E-state index in [0.717, 1.165) is 0 Å². The van der Waals surface area contributed by atoms with Crippen molar-refractivity contribution in [1.82, 2.24) is 0 Å². The minimum absolute atomic E-state index is 0.235. The smallest absolute Gasteiger partial charge is 0.187 e. The molecule has 8 rings (SSSR count). The molecule has 0 amide bonds. The van der Waals surface area contributed by atoms with Crippen molar-refractivity contribution < 1.29 is 36.5 Å². The minimum Gasteiger partial charge on any atom is -0.205 e. The van der Waals surface area contributed by atoms with Gasteiger partial charge in [-0.05, 0) is 90.3 Å². The third kappa shape index (κ3) is 30.6. The second kappa shape index (κ2) is 38.6. The fourth-order valence-electron chi connectivity index (χ4n) is 12.1. The number of aryl methyl sites for hydroxylation is 11. The molecule has 0 saturated heterocycles. The third-order valence-corrected chi connectivity index (χ3v) is 20.1. The van der Waals surface area contributed by atoms with Gasteiger partial charge in [0.1, 0.15) is 56.4 Å². The first kappa shape index (κ1) is 95.2. The van der Waals surface area contributed by atoms with Gasteiger partial charge in [-0.2, -0.15) is 0 Å². The van der Waals surface area contributed by atoms with E-state index in [1.807, 2.05) is 0 Å². The Balaban J connectivity index is 0.000000595. The van der Waals surface area contributed by atoms with Gasteiger partial charge in [0.25, 0.3) is 0 Å². The quantitative estimate of drug-likeness (QED) is 0.158. The number of hydrogen-bond acceptors (Lipinski definition) is 0. The topological polar surface area (TPSA) is 31.0 Å². The van der Waals surface area contributed by atoms with E-state index >= 15 is 0 Å². The molecule has 104 heavy (non-hydrogen) atoms. The summed E-state index contributed by atoms with van der Waals surface area (Å²) in [6, 6.07) is 35.5. The number of nitrogens with zero attached hydrogens (tertiary/aromatic N) is 8. The van der Waals surface area contributed by atoms with Gasteiger partial charge in [-0.3, -0.25) is 0 Å². The Kier molecular flexibility index (Phi) is 35.4. The van der Waals surface area contributed by atoms with Crippen molar-refractivity contribution in [3.8, 4) is 0 Å². The maximum Gasteiger partial charge on any atom is 0.187 e. The molecule has 0 radical (unpaired) electrons. The Morgan fingerprint density at radius 1 is 0.240 bits per heavy atom. The van der Waals surface area contributed by atoms with E-state index in [1.165, 1.54) is 101 Å². The molecule has 8 aromatic heterocycles. The van der Waals surface area contributed by atoms with E-state index in [2.05, 4.69) is 483 Å². The van der Waals surface area contributed by atoms with Gasteiger partial charge in [0.05, 0.1) is 0 Å². The molecule has 0 aliphatic carbocycles. The summed E-state index contributed by atoms with van der Waals surface area (Å²) in [4.78, 5) is 0. The van der Waals surface area contributed by atoms with E-state index in [4.69, 9.17) is 0 Å². The molecular formula is C96H160N8+8. The average Bonchev–Trinajstić information content (AvgIpc) is 0.813. The van der Waals surface area contributed by atoms with E-state index < -0.39 is 0 Å². The summed E-state index contributed by atoms with van der Waals surface area (Å²) in [6.45, 7) is 82.5. The molecule has 0 fully saturated rings. The van der Waals surface area contributed by atoms with Gasteiger partial charge in [0, 0.05) is 161 Å². The summed E-state index contributed by atoms with van der Waals surface area (Å²) in [5.74, 6) is 1.76. The Labute approximate surface area is 642 Å². The molecule has 8 heterocycles. The highest BCUT2D eigenvalue weighted by atomic mass is 15.0. The van der Waals surface area contributed by atoms with Gasteiger partial charge in [0.2, 0.25) is 0 Å². The first-order valence-corrected chi connectivity index (χ1v) is 38.7. The molecule has 576 valence electrons. The molecule has 0 atom stereocenters. The molecule has 0 saturated carbocycles. The molecular weight excluding hydrogens is 1270 g/mol. The summed E-state index contributed by atoms with van der Waals surface area (Å²) in [5.41, 5.74) is 26.8. The van der Waals surface area contributed by atoms with Crippen LogP contribution < -0.4 is 36.5 Å². The Bertz CT molecular complexity index is 3920. The van der Waals surface area contributed by atoms with Crippen LogP contribution in [0.5, 0.6) is 0 Å². The van der Waals surface area contributed by atoms with Crippen LogP contribution in [0.2, 0.25) is 0 Å². The first-order chi connectivity index (χ1) is 46.9. The molecule has 0 bridgehead atoms. The minimum atomic E-state index is 0.235. The van der Waals surface area contributed by atoms with Crippen molar-refractivity contribution in [2.75, 3.05) is 0 Å². The average molecular weight is 1430 g/mol. The predicted octanol–water partition coefficient (Wildman–Crippen LogP) is 20.0. The molecule has 0 aliphatic heterocycles. The van der Waals surface area contributed by atoms with Crippen LogP contribution in [0.1, 0.15) is 327 Å². The van der Waals surface area contributed by atoms with Crippen LogP contribution in [0.4, 0.5) is 0 Å². The summed E-state index contributed by atoms with van der Waals surface area (Å²) in [5, 5.41) is 0. The Hall–Kier alpha value is -6.80. The molecule has 0 N–H and O–H groups in total. The molecule has 8 aromatic rings. The Morgan fingerprint density at radius 2 is 0.606 bits per heavy atom. The van der Waals surface area contributed by atoms with Crippen molar-refractivity contribution in [2.24, 2.45) is 56.4 Å². The Morgan fingerprint density at radius 3 is 0.971 bits per heavy atom. The van der Waals surface area contributed by atoms with Crippen LogP contribution in [0, 0.1) is 48.5 Å². The maximum absolute atomic E-state index is 2.32. The summed E-state index contributed by atoms with van der Waals surface area (Å²) in [7, 11) is 16.9. The van der Waals surface area contributed by atoms with Crippen molar-refractivity contribution >= 4 is 0 Å². The number of rotatable bonds is 3. The van der Waals surface area contributed by atoms with Crippen LogP contribution in [0.25, 0.3) is 0 Å². The lowest BCUT2D eigenvalue weighted by Gasteiger charge is -2.21. The largest absolute Gasteiger partial charge is 0.205 e. The van der Waals surface area contributed by atoms with Gasteiger partial charge in [-0.1, -0.05) is 208 Å². The molecule has 8 heteroatoms. The molecule has 8 nitrogen and oxygen atoms in total. The van der Waals surface area contributed by atoms with Crippen LogP contribution in [-0.4, -0.2) is 0 Å². The van der Waals surface area contributed by atoms with Gasteiger partial charge in [-0.15, -0.1) is 0 Å². The van der Waals surface area contributed by atoms with E-state index in [1.54, 1.807) is 0 Å². The zero-order valence-corrected chi connectivity index (χ0v) is 76.0. The standard InChI is InChI=1S/3C13H22N.2C12H20N.3C11H18N/c1-10(2)12-9-11(13(3,4)5)7-8-14(12)6;1-10(2)12-8-7-11(9-14(12)6)13(3,4)5;1-10(2)12-11(13(3,4)5)8-7-9-14(12)6;1-9-7-11(12(3,4)5)8-10(2)13(9)6;1-9-7-8-11(12(3,4)5)10(2)13(9)6;1-9-8-10(11(2,3)4)6-7-12(9)5;1-9-6-7-10(8-12(9)5)11(2,3)4;1-9-10(11(2,3)4)7-6-8-12(9)5/h3*7-10H,1-6H3;2*7-8H,1-6H3;3*6-8H,1-5H3/q8*+1. The van der Waals surface area contributed by atoms with Gasteiger partial charge in [-0.25, -0.2) is 36.5 Å². The van der Waals surface area contributed by atoms with Gasteiger partial charge < -0.3 is 0 Å². The first-order valence-electron chi connectivity index (χ1n) is 38.7. The molecule has 0 spiro atoms. The zero-order valence-electron chi connectivity index (χ0n) is 76.0. The highest BCUT2D eigenvalue weighted by Gasteiger charge is 2.28. The summed E-state index contributed by atoms with van der Waals surface area (Å²) >= 11 is 0. The van der Waals surface area contributed by atoms with Crippen molar-refractivity contribution in [2.45, 2.75) is 317 Å². The van der Waals surface area contributed by atoms with Crippen molar-refractivity contribution in [3.05, 3.63) is 236 Å². The lowest BCUT2D eigenvalue weighted by Crippen LogP contribution is -2.38. The number of pyridine rings is 8. The lowest BCUT2D eigenvalue weighted by molar-refractivity contribution is -0.684. The van der Waals surface area contributed by atoms with Crippen LogP contribution in [-0.2, 0) is 99.7 Å². The van der Waals surface area contributed by atoms with Gasteiger partial charge in [0.15, 0.2) is 94.1 Å². The monoisotopic (exact) mass is 1430 g/mol. The highest BCUT2D eigenvalue weighted by Crippen LogP contribution is 2.30. The lowest BCUT2D eigenvalue weighted by atomic mass is 9.83. The van der Waals surface area contributed by atoms with E-state index in [-0.39, 0.29) is 43.3 Å². The SMILES string of the molecule is CC(C)c1c(C(C)(C)C)ccc[n+]1C.CC(C)c1cc(C(C)(C)C)cc[n+]1C.CC(C)c1ccc(C(C)(C)C)c[n+]1C.Cc1c(C(C)(C)C)ccc[n+]1C.Cc1cc(C(C)(C)C)cc(C)[n+]1C.Cc1cc(C(C)(C)C)cc[n+]1C.Cc1ccc(C(C)(C)C)c(C)[n+]1C.Cc1ccc(C(C)(C)C)c[n+]1C. The van der Waals surface area contributed by atoms with Crippen molar-refractivity contribution in [1.29, 1.82) is 0 Å². The number of hydrogen-bond donors (Lipinski definition) is 0. The molecule has 0 unspecified atom stereocenters. The maximum atomic E-state index is 2.32. The van der Waals surface area contributed by atoms with Crippen LogP contribution >= 0.6 is 0 Å². The van der Waals surface area contributed by atoms with Gasteiger partial charge >= 0.3 is 0 Å². The van der Waals surface area contributed by atoms with E-state index in [9.17, 15) is 0 Å². The second-order valence-corrected chi connectivity index (χ2v) is 38.9. The molecule has 0 aromatic carbocycles. The highest BCUT2D eigenvalue weighted by molar-refractivity contribution is 5.29. The van der Waals surface area contributed by atoms with E-state index in [0.29, 0.717) is 17.8 Å². The fraction of sp³-hybridized carbons (Fsp3) is 0.583.